The van der Waals surface area contributed by atoms with Crippen molar-refractivity contribution in [1.82, 2.24) is 4.98 Å². The predicted molar refractivity (Wildman–Crippen MR) is 77.6 cm³/mol. The molecule has 4 nitrogen and oxygen atoms in total. The van der Waals surface area contributed by atoms with Crippen LogP contribution in [0.1, 0.15) is 21.5 Å². The topological polar surface area (TPSA) is 54.0 Å². The van der Waals surface area contributed by atoms with Crippen LogP contribution in [0.25, 0.3) is 0 Å². The van der Waals surface area contributed by atoms with Gasteiger partial charge >= 0.3 is 0 Å². The molecule has 0 spiro atoms. The molecule has 0 fully saturated rings. The van der Waals surface area contributed by atoms with Gasteiger partial charge in [-0.2, -0.15) is 0 Å². The van der Waals surface area contributed by atoms with Crippen LogP contribution in [0, 0.1) is 19.7 Å². The standard InChI is InChI=1S/C15H16FN3O/c1-9-4-5-12(10(2)8-9)19-15(20)11-6-7-18-14(17-3)13(11)16/h4-8H,1-3H3,(H,17,18)(H,19,20). The minimum absolute atomic E-state index is 0.0377. The summed E-state index contributed by atoms with van der Waals surface area (Å²) in [7, 11) is 1.55. The van der Waals surface area contributed by atoms with Crippen molar-refractivity contribution in [3.05, 3.63) is 53.0 Å². The summed E-state index contributed by atoms with van der Waals surface area (Å²) in [5.41, 5.74) is 2.67. The van der Waals surface area contributed by atoms with Gasteiger partial charge in [0.1, 0.15) is 0 Å². The lowest BCUT2D eigenvalue weighted by atomic mass is 10.1. The average molecular weight is 273 g/mol. The van der Waals surface area contributed by atoms with Gasteiger partial charge in [0.05, 0.1) is 5.56 Å². The van der Waals surface area contributed by atoms with E-state index in [1.165, 1.54) is 12.3 Å². The third-order valence-corrected chi connectivity index (χ3v) is 3.00. The van der Waals surface area contributed by atoms with Crippen molar-refractivity contribution in [1.29, 1.82) is 0 Å². The maximum absolute atomic E-state index is 14.0. The number of aromatic nitrogens is 1. The molecular weight excluding hydrogens is 257 g/mol. The quantitative estimate of drug-likeness (QED) is 0.903. The lowest BCUT2D eigenvalue weighted by molar-refractivity contribution is 0.102. The molecule has 0 atom stereocenters. The molecule has 0 aliphatic carbocycles. The van der Waals surface area contributed by atoms with Gasteiger partial charge < -0.3 is 10.6 Å². The van der Waals surface area contributed by atoms with Gasteiger partial charge in [-0.15, -0.1) is 0 Å². The number of rotatable bonds is 3. The Morgan fingerprint density at radius 1 is 1.25 bits per heavy atom. The number of nitrogens with one attached hydrogen (secondary N) is 2. The van der Waals surface area contributed by atoms with Crippen molar-refractivity contribution in [2.45, 2.75) is 13.8 Å². The predicted octanol–water partition coefficient (Wildman–Crippen LogP) is 3.13. The molecule has 2 aromatic rings. The van der Waals surface area contributed by atoms with Crippen LogP contribution in [0.4, 0.5) is 15.9 Å². The number of benzene rings is 1. The number of halogens is 1. The smallest absolute Gasteiger partial charge is 0.258 e. The van der Waals surface area contributed by atoms with E-state index in [0.717, 1.165) is 11.1 Å². The first-order chi connectivity index (χ1) is 9.52. The van der Waals surface area contributed by atoms with Gasteiger partial charge in [-0.05, 0) is 31.5 Å². The van der Waals surface area contributed by atoms with Crippen LogP contribution < -0.4 is 10.6 Å². The molecule has 1 heterocycles. The van der Waals surface area contributed by atoms with Gasteiger partial charge in [0.25, 0.3) is 5.91 Å². The van der Waals surface area contributed by atoms with Gasteiger partial charge in [-0.1, -0.05) is 17.7 Å². The Labute approximate surface area is 117 Å². The first kappa shape index (κ1) is 14.0. The molecule has 0 saturated carbocycles. The Balaban J connectivity index is 2.28. The fraction of sp³-hybridized carbons (Fsp3) is 0.200. The van der Waals surface area contributed by atoms with Crippen molar-refractivity contribution in [2.75, 3.05) is 17.7 Å². The molecule has 1 aromatic heterocycles. The molecular formula is C15H16FN3O. The summed E-state index contributed by atoms with van der Waals surface area (Å²) < 4.78 is 14.0. The van der Waals surface area contributed by atoms with Gasteiger partial charge in [-0.3, -0.25) is 4.79 Å². The average Bonchev–Trinajstić information content (AvgIpc) is 2.42. The van der Waals surface area contributed by atoms with E-state index in [-0.39, 0.29) is 11.4 Å². The zero-order chi connectivity index (χ0) is 14.7. The second-order valence-electron chi connectivity index (χ2n) is 4.54. The number of nitrogens with zero attached hydrogens (tertiary/aromatic N) is 1. The molecule has 0 aliphatic rings. The van der Waals surface area contributed by atoms with Crippen molar-refractivity contribution in [3.8, 4) is 0 Å². The largest absolute Gasteiger partial charge is 0.371 e. The van der Waals surface area contributed by atoms with Crippen molar-refractivity contribution in [3.63, 3.8) is 0 Å². The molecule has 0 bridgehead atoms. The summed E-state index contributed by atoms with van der Waals surface area (Å²) >= 11 is 0. The zero-order valence-corrected chi connectivity index (χ0v) is 11.6. The first-order valence-corrected chi connectivity index (χ1v) is 6.23. The number of aryl methyl sites for hydroxylation is 2. The summed E-state index contributed by atoms with van der Waals surface area (Å²) in [5.74, 6) is -1.09. The van der Waals surface area contributed by atoms with Gasteiger partial charge in [0.15, 0.2) is 11.6 Å². The molecule has 1 aromatic carbocycles. The highest BCUT2D eigenvalue weighted by Crippen LogP contribution is 2.19. The van der Waals surface area contributed by atoms with Crippen LogP contribution in [0.2, 0.25) is 0 Å². The maximum atomic E-state index is 14.0. The van der Waals surface area contributed by atoms with Crippen LogP contribution in [0.15, 0.2) is 30.5 Å². The highest BCUT2D eigenvalue weighted by Gasteiger charge is 2.16. The van der Waals surface area contributed by atoms with Crippen LogP contribution >= 0.6 is 0 Å². The molecule has 0 radical (unpaired) electrons. The first-order valence-electron chi connectivity index (χ1n) is 6.23. The SMILES string of the molecule is CNc1nccc(C(=O)Nc2ccc(C)cc2C)c1F. The molecule has 1 amide bonds. The van der Waals surface area contributed by atoms with Crippen molar-refractivity contribution >= 4 is 17.4 Å². The molecule has 0 saturated heterocycles. The number of amides is 1. The molecule has 0 aliphatic heterocycles. The summed E-state index contributed by atoms with van der Waals surface area (Å²) in [6, 6.07) is 7.01. The summed E-state index contributed by atoms with van der Waals surface area (Å²) in [6.45, 7) is 3.87. The number of carbonyl (C=O) groups is 1. The minimum Gasteiger partial charge on any atom is -0.371 e. The van der Waals surface area contributed by atoms with Gasteiger partial charge in [-0.25, -0.2) is 9.37 Å². The van der Waals surface area contributed by atoms with E-state index in [0.29, 0.717) is 5.69 Å². The lowest BCUT2D eigenvalue weighted by Crippen LogP contribution is -2.15. The number of pyridine rings is 1. The van der Waals surface area contributed by atoms with Crippen molar-refractivity contribution in [2.24, 2.45) is 0 Å². The van der Waals surface area contributed by atoms with E-state index in [1.807, 2.05) is 26.0 Å². The van der Waals surface area contributed by atoms with Crippen LogP contribution in [-0.4, -0.2) is 17.9 Å². The maximum Gasteiger partial charge on any atom is 0.258 e. The fourth-order valence-corrected chi connectivity index (χ4v) is 1.94. The second-order valence-corrected chi connectivity index (χ2v) is 4.54. The van der Waals surface area contributed by atoms with Gasteiger partial charge in [0.2, 0.25) is 0 Å². The van der Waals surface area contributed by atoms with E-state index >= 15 is 0 Å². The Hall–Kier alpha value is -2.43. The monoisotopic (exact) mass is 273 g/mol. The van der Waals surface area contributed by atoms with Crippen LogP contribution in [0.5, 0.6) is 0 Å². The third-order valence-electron chi connectivity index (χ3n) is 3.00. The van der Waals surface area contributed by atoms with E-state index in [1.54, 1.807) is 13.1 Å². The minimum atomic E-state index is -0.655. The van der Waals surface area contributed by atoms with Crippen LogP contribution in [-0.2, 0) is 0 Å². The van der Waals surface area contributed by atoms with Crippen LogP contribution in [0.3, 0.4) is 0 Å². The highest BCUT2D eigenvalue weighted by molar-refractivity contribution is 6.05. The Kier molecular flexibility index (Phi) is 3.98. The number of anilines is 2. The normalized spacial score (nSPS) is 10.2. The lowest BCUT2D eigenvalue weighted by Gasteiger charge is -2.10. The van der Waals surface area contributed by atoms with E-state index in [2.05, 4.69) is 15.6 Å². The summed E-state index contributed by atoms with van der Waals surface area (Å²) in [6.07, 6.45) is 1.39. The van der Waals surface area contributed by atoms with E-state index in [4.69, 9.17) is 0 Å². The van der Waals surface area contributed by atoms with Gasteiger partial charge in [0, 0.05) is 18.9 Å². The highest BCUT2D eigenvalue weighted by atomic mass is 19.1. The molecule has 2 N–H and O–H groups in total. The molecule has 0 unspecified atom stereocenters. The number of hydrogen-bond donors (Lipinski definition) is 2. The molecule has 20 heavy (non-hydrogen) atoms. The molecule has 5 heteroatoms. The van der Waals surface area contributed by atoms with E-state index < -0.39 is 11.7 Å². The number of carbonyl (C=O) groups excluding carboxylic acids is 1. The summed E-state index contributed by atoms with van der Waals surface area (Å²) in [5, 5.41) is 5.32. The Morgan fingerprint density at radius 3 is 2.65 bits per heavy atom. The Bertz CT molecular complexity index is 656. The number of hydrogen-bond acceptors (Lipinski definition) is 3. The van der Waals surface area contributed by atoms with E-state index in [9.17, 15) is 9.18 Å². The second kappa shape index (κ2) is 5.69. The molecule has 2 rings (SSSR count). The van der Waals surface area contributed by atoms with Crippen molar-refractivity contribution < 1.29 is 9.18 Å². The Morgan fingerprint density at radius 2 is 2.00 bits per heavy atom. The zero-order valence-electron chi connectivity index (χ0n) is 11.6. The fourth-order valence-electron chi connectivity index (χ4n) is 1.94. The summed E-state index contributed by atoms with van der Waals surface area (Å²) in [4.78, 5) is 15.9. The molecule has 104 valence electrons. The third kappa shape index (κ3) is 2.77.